The van der Waals surface area contributed by atoms with E-state index in [1.54, 1.807) is 30.1 Å². The Morgan fingerprint density at radius 1 is 1.19 bits per heavy atom. The van der Waals surface area contributed by atoms with Gasteiger partial charge in [-0.25, -0.2) is 4.39 Å². The van der Waals surface area contributed by atoms with Gasteiger partial charge in [0.1, 0.15) is 11.9 Å². The van der Waals surface area contributed by atoms with Crippen molar-refractivity contribution in [3.8, 4) is 0 Å². The van der Waals surface area contributed by atoms with Gasteiger partial charge in [0.25, 0.3) is 0 Å². The number of halogens is 1. The van der Waals surface area contributed by atoms with E-state index in [9.17, 15) is 18.8 Å². The minimum atomic E-state index is -0.579. The highest BCUT2D eigenvalue weighted by atomic mass is 19.1. The van der Waals surface area contributed by atoms with Crippen molar-refractivity contribution in [1.82, 2.24) is 9.80 Å². The maximum atomic E-state index is 14.0. The highest BCUT2D eigenvalue weighted by Crippen LogP contribution is 2.28. The molecule has 27 heavy (non-hydrogen) atoms. The Hall–Kier alpha value is -2.70. The molecular weight excluding hydrogens is 349 g/mol. The van der Waals surface area contributed by atoms with E-state index >= 15 is 0 Å². The van der Waals surface area contributed by atoms with Crippen LogP contribution < -0.4 is 4.90 Å². The second-order valence-electron chi connectivity index (χ2n) is 7.00. The van der Waals surface area contributed by atoms with Gasteiger partial charge in [0.05, 0.1) is 5.69 Å². The van der Waals surface area contributed by atoms with Crippen molar-refractivity contribution in [3.63, 3.8) is 0 Å². The van der Waals surface area contributed by atoms with Gasteiger partial charge in [-0.3, -0.25) is 14.4 Å². The molecule has 0 N–H and O–H groups in total. The van der Waals surface area contributed by atoms with E-state index in [1.807, 2.05) is 0 Å². The largest absolute Gasteiger partial charge is 0.339 e. The SMILES string of the molecule is C=CC(=O)N1CCC(C(=O)N(C)C2CCN(c3ccccc3F)C2=O)CC1. The Morgan fingerprint density at radius 3 is 2.48 bits per heavy atom. The fraction of sp³-hybridized carbons (Fsp3) is 0.450. The van der Waals surface area contributed by atoms with Crippen LogP contribution in [0.4, 0.5) is 10.1 Å². The lowest BCUT2D eigenvalue weighted by molar-refractivity contribution is -0.142. The smallest absolute Gasteiger partial charge is 0.249 e. The van der Waals surface area contributed by atoms with Crippen LogP contribution in [0.15, 0.2) is 36.9 Å². The molecule has 0 aromatic heterocycles. The molecule has 1 unspecified atom stereocenters. The molecule has 2 heterocycles. The van der Waals surface area contributed by atoms with Crippen molar-refractivity contribution in [1.29, 1.82) is 0 Å². The highest BCUT2D eigenvalue weighted by Gasteiger charge is 2.40. The lowest BCUT2D eigenvalue weighted by Crippen LogP contribution is -2.48. The first-order chi connectivity index (χ1) is 12.9. The van der Waals surface area contributed by atoms with Gasteiger partial charge in [-0.1, -0.05) is 18.7 Å². The lowest BCUT2D eigenvalue weighted by atomic mass is 9.94. The molecule has 0 saturated carbocycles. The van der Waals surface area contributed by atoms with E-state index in [2.05, 4.69) is 6.58 Å². The summed E-state index contributed by atoms with van der Waals surface area (Å²) >= 11 is 0. The molecule has 7 heteroatoms. The molecule has 6 nitrogen and oxygen atoms in total. The molecular formula is C20H24FN3O3. The molecule has 1 atom stereocenters. The quantitative estimate of drug-likeness (QED) is 0.757. The van der Waals surface area contributed by atoms with Gasteiger partial charge in [0, 0.05) is 32.6 Å². The van der Waals surface area contributed by atoms with Crippen LogP contribution in [0.25, 0.3) is 0 Å². The maximum Gasteiger partial charge on any atom is 0.249 e. The van der Waals surface area contributed by atoms with Crippen molar-refractivity contribution in [2.45, 2.75) is 25.3 Å². The molecule has 0 spiro atoms. The van der Waals surface area contributed by atoms with Crippen LogP contribution in [0.3, 0.4) is 0 Å². The van der Waals surface area contributed by atoms with E-state index in [0.717, 1.165) is 0 Å². The monoisotopic (exact) mass is 373 g/mol. The molecule has 1 aromatic carbocycles. The number of rotatable bonds is 4. The Balaban J connectivity index is 1.63. The Bertz CT molecular complexity index is 759. The number of hydrogen-bond acceptors (Lipinski definition) is 3. The molecule has 144 valence electrons. The minimum absolute atomic E-state index is 0.0885. The van der Waals surface area contributed by atoms with Crippen molar-refractivity contribution in [2.24, 2.45) is 5.92 Å². The number of likely N-dealkylation sites (N-methyl/N-ethyl adjacent to an activating group) is 1. The van der Waals surface area contributed by atoms with Crippen LogP contribution in [-0.2, 0) is 14.4 Å². The first kappa shape index (κ1) is 19.1. The number of carbonyl (C=O) groups excluding carboxylic acids is 3. The van der Waals surface area contributed by atoms with Gasteiger partial charge in [0.2, 0.25) is 17.7 Å². The number of hydrogen-bond donors (Lipinski definition) is 0. The molecule has 2 fully saturated rings. The topological polar surface area (TPSA) is 60.9 Å². The summed E-state index contributed by atoms with van der Waals surface area (Å²) in [6.07, 6.45) is 2.90. The fourth-order valence-electron chi connectivity index (χ4n) is 3.85. The summed E-state index contributed by atoms with van der Waals surface area (Å²) in [7, 11) is 1.64. The third-order valence-electron chi connectivity index (χ3n) is 5.47. The number of piperidine rings is 1. The molecule has 2 aliphatic rings. The van der Waals surface area contributed by atoms with E-state index in [0.29, 0.717) is 38.9 Å². The van der Waals surface area contributed by atoms with Gasteiger partial charge in [-0.05, 0) is 37.5 Å². The Labute approximate surface area is 158 Å². The third kappa shape index (κ3) is 3.72. The predicted octanol–water partition coefficient (Wildman–Crippen LogP) is 1.81. The van der Waals surface area contributed by atoms with Crippen molar-refractivity contribution >= 4 is 23.4 Å². The third-order valence-corrected chi connectivity index (χ3v) is 5.47. The van der Waals surface area contributed by atoms with E-state index in [1.165, 1.54) is 21.9 Å². The second kappa shape index (κ2) is 7.90. The Kier molecular flexibility index (Phi) is 5.58. The summed E-state index contributed by atoms with van der Waals surface area (Å²) in [5.41, 5.74) is 0.252. The van der Waals surface area contributed by atoms with Crippen molar-refractivity contribution < 1.29 is 18.8 Å². The molecule has 1 aromatic rings. The van der Waals surface area contributed by atoms with Crippen LogP contribution in [-0.4, -0.2) is 60.2 Å². The van der Waals surface area contributed by atoms with Crippen LogP contribution in [0.2, 0.25) is 0 Å². The zero-order chi connectivity index (χ0) is 19.6. The summed E-state index contributed by atoms with van der Waals surface area (Å²) in [6, 6.07) is 5.58. The normalized spacial score (nSPS) is 20.7. The van der Waals surface area contributed by atoms with Crippen LogP contribution in [0.5, 0.6) is 0 Å². The van der Waals surface area contributed by atoms with Crippen LogP contribution >= 0.6 is 0 Å². The molecule has 3 rings (SSSR count). The number of carbonyl (C=O) groups is 3. The van der Waals surface area contributed by atoms with Gasteiger partial charge < -0.3 is 14.7 Å². The fourth-order valence-corrected chi connectivity index (χ4v) is 3.85. The zero-order valence-corrected chi connectivity index (χ0v) is 15.4. The molecule has 3 amide bonds. The van der Waals surface area contributed by atoms with E-state index in [-0.39, 0.29) is 29.3 Å². The molecule has 0 aliphatic carbocycles. The number of likely N-dealkylation sites (tertiary alicyclic amines) is 1. The first-order valence-corrected chi connectivity index (χ1v) is 9.18. The average molecular weight is 373 g/mol. The summed E-state index contributed by atoms with van der Waals surface area (Å²) < 4.78 is 14.0. The number of amides is 3. The lowest BCUT2D eigenvalue weighted by Gasteiger charge is -2.34. The molecule has 0 bridgehead atoms. The summed E-state index contributed by atoms with van der Waals surface area (Å²) in [5, 5.41) is 0. The summed E-state index contributed by atoms with van der Waals surface area (Å²) in [6.45, 7) is 4.88. The second-order valence-corrected chi connectivity index (χ2v) is 7.00. The first-order valence-electron chi connectivity index (χ1n) is 9.18. The number of para-hydroxylation sites is 1. The zero-order valence-electron chi connectivity index (χ0n) is 15.4. The van der Waals surface area contributed by atoms with Gasteiger partial charge >= 0.3 is 0 Å². The van der Waals surface area contributed by atoms with Gasteiger partial charge in [-0.2, -0.15) is 0 Å². The standard InChI is InChI=1S/C20H24FN3O3/c1-3-18(25)23-11-8-14(9-12-23)19(26)22(2)17-10-13-24(20(17)27)16-7-5-4-6-15(16)21/h3-7,14,17H,1,8-13H2,2H3. The predicted molar refractivity (Wildman–Crippen MR) is 99.4 cm³/mol. The van der Waals surface area contributed by atoms with Gasteiger partial charge in [-0.15, -0.1) is 0 Å². The molecule has 2 saturated heterocycles. The number of benzene rings is 1. The maximum absolute atomic E-state index is 14.0. The minimum Gasteiger partial charge on any atom is -0.339 e. The van der Waals surface area contributed by atoms with Crippen molar-refractivity contribution in [2.75, 3.05) is 31.6 Å². The number of anilines is 1. The van der Waals surface area contributed by atoms with Crippen LogP contribution in [0, 0.1) is 11.7 Å². The molecule has 0 radical (unpaired) electrons. The average Bonchev–Trinajstić information content (AvgIpc) is 3.08. The van der Waals surface area contributed by atoms with E-state index in [4.69, 9.17) is 0 Å². The summed E-state index contributed by atoms with van der Waals surface area (Å²) in [5.74, 6) is -1.12. The Morgan fingerprint density at radius 2 is 1.85 bits per heavy atom. The molecule has 2 aliphatic heterocycles. The van der Waals surface area contributed by atoms with Crippen molar-refractivity contribution in [3.05, 3.63) is 42.7 Å². The highest BCUT2D eigenvalue weighted by molar-refractivity contribution is 6.01. The van der Waals surface area contributed by atoms with E-state index < -0.39 is 11.9 Å². The number of nitrogens with zero attached hydrogens (tertiary/aromatic N) is 3. The summed E-state index contributed by atoms with van der Waals surface area (Å²) in [4.78, 5) is 41.9. The van der Waals surface area contributed by atoms with Crippen LogP contribution in [0.1, 0.15) is 19.3 Å². The van der Waals surface area contributed by atoms with Gasteiger partial charge in [0.15, 0.2) is 0 Å².